The van der Waals surface area contributed by atoms with Crippen LogP contribution in [0.25, 0.3) is 0 Å². The lowest BCUT2D eigenvalue weighted by atomic mass is 10.2. The Balaban J connectivity index is 3.33. The van der Waals surface area contributed by atoms with Crippen LogP contribution >= 0.6 is 12.6 Å². The largest absolute Gasteiger partial charge is 0.273 e. The molecule has 0 bridgehead atoms. The molecule has 12 heavy (non-hydrogen) atoms. The highest BCUT2D eigenvalue weighted by Crippen LogP contribution is 2.23. The van der Waals surface area contributed by atoms with Gasteiger partial charge in [0, 0.05) is 16.5 Å². The van der Waals surface area contributed by atoms with E-state index in [4.69, 9.17) is 0 Å². The van der Waals surface area contributed by atoms with E-state index in [1.54, 1.807) is 0 Å². The molecule has 0 saturated heterocycles. The summed E-state index contributed by atoms with van der Waals surface area (Å²) in [5.41, 5.74) is 0.191. The van der Waals surface area contributed by atoms with Crippen LogP contribution in [0.5, 0.6) is 0 Å². The minimum atomic E-state index is -0.561. The van der Waals surface area contributed by atoms with E-state index in [-0.39, 0.29) is 10.6 Å². The van der Waals surface area contributed by atoms with Crippen molar-refractivity contribution < 1.29 is 9.31 Å². The van der Waals surface area contributed by atoms with Gasteiger partial charge in [-0.1, -0.05) is 0 Å². The molecule has 0 heterocycles. The summed E-state index contributed by atoms with van der Waals surface area (Å²) in [5.74, 6) is -0.540. The predicted molar refractivity (Wildman–Crippen MR) is 45.0 cm³/mol. The van der Waals surface area contributed by atoms with Crippen molar-refractivity contribution >= 4 is 18.3 Å². The normalized spacial score (nSPS) is 9.92. The van der Waals surface area contributed by atoms with Crippen LogP contribution in [0.2, 0.25) is 0 Å². The molecule has 1 rings (SSSR count). The summed E-state index contributed by atoms with van der Waals surface area (Å²) in [6.45, 7) is 1.48. The number of aryl methyl sites for hydroxylation is 1. The fourth-order valence-corrected chi connectivity index (χ4v) is 1.03. The summed E-state index contributed by atoms with van der Waals surface area (Å²) < 4.78 is 12.7. The highest BCUT2D eigenvalue weighted by atomic mass is 32.1. The second-order valence-corrected chi connectivity index (χ2v) is 2.83. The van der Waals surface area contributed by atoms with Gasteiger partial charge < -0.3 is 0 Å². The van der Waals surface area contributed by atoms with Crippen molar-refractivity contribution in [2.24, 2.45) is 0 Å². The minimum Gasteiger partial charge on any atom is -0.258 e. The van der Waals surface area contributed by atoms with Gasteiger partial charge in [0.15, 0.2) is 0 Å². The third kappa shape index (κ3) is 1.55. The van der Waals surface area contributed by atoms with E-state index >= 15 is 0 Å². The predicted octanol–water partition coefficient (Wildman–Crippen LogP) is 2.33. The molecule has 0 aliphatic carbocycles. The molecule has 0 aliphatic rings. The highest BCUT2D eigenvalue weighted by Gasteiger charge is 2.12. The van der Waals surface area contributed by atoms with Crippen molar-refractivity contribution in [2.45, 2.75) is 11.8 Å². The summed E-state index contributed by atoms with van der Waals surface area (Å²) in [6, 6.07) is 2.20. The number of halogens is 1. The van der Waals surface area contributed by atoms with Crippen LogP contribution in [0.3, 0.4) is 0 Å². The van der Waals surface area contributed by atoms with Gasteiger partial charge in [0.05, 0.1) is 4.92 Å². The molecule has 0 radical (unpaired) electrons. The number of thiol groups is 1. The van der Waals surface area contributed by atoms with Crippen LogP contribution in [-0.2, 0) is 0 Å². The fourth-order valence-electron chi connectivity index (χ4n) is 0.847. The molecule has 0 unspecified atom stereocenters. The first-order valence-electron chi connectivity index (χ1n) is 3.16. The van der Waals surface area contributed by atoms with Crippen molar-refractivity contribution in [1.82, 2.24) is 0 Å². The van der Waals surface area contributed by atoms with Crippen molar-refractivity contribution in [3.05, 3.63) is 33.6 Å². The smallest absolute Gasteiger partial charge is 0.258 e. The van der Waals surface area contributed by atoms with E-state index in [1.165, 1.54) is 6.92 Å². The number of hydrogen-bond acceptors (Lipinski definition) is 3. The van der Waals surface area contributed by atoms with Crippen molar-refractivity contribution in [3.8, 4) is 0 Å². The molecule has 0 spiro atoms. The molecular weight excluding hydrogens is 181 g/mol. The summed E-state index contributed by atoms with van der Waals surface area (Å²) in [7, 11) is 0. The summed E-state index contributed by atoms with van der Waals surface area (Å²) in [6.07, 6.45) is 0. The van der Waals surface area contributed by atoms with E-state index in [9.17, 15) is 14.5 Å². The average Bonchev–Trinajstić information content (AvgIpc) is 1.96. The number of hydrogen-bond donors (Lipinski definition) is 1. The second-order valence-electron chi connectivity index (χ2n) is 2.35. The Hall–Kier alpha value is -1.10. The third-order valence-corrected chi connectivity index (χ3v) is 1.80. The summed E-state index contributed by atoms with van der Waals surface area (Å²) in [5, 5.41) is 10.3. The maximum Gasteiger partial charge on any atom is 0.273 e. The number of nitrogens with zero attached hydrogens (tertiary/aromatic N) is 1. The lowest BCUT2D eigenvalue weighted by Crippen LogP contribution is -1.93. The molecule has 0 aromatic heterocycles. The molecule has 0 aliphatic heterocycles. The maximum atomic E-state index is 12.7. The second kappa shape index (κ2) is 3.10. The van der Waals surface area contributed by atoms with Gasteiger partial charge in [0.1, 0.15) is 5.82 Å². The van der Waals surface area contributed by atoms with Gasteiger partial charge in [-0.15, -0.1) is 12.6 Å². The van der Waals surface area contributed by atoms with E-state index in [1.807, 2.05) is 0 Å². The zero-order valence-corrected chi connectivity index (χ0v) is 7.14. The molecule has 0 atom stereocenters. The van der Waals surface area contributed by atoms with Crippen molar-refractivity contribution in [3.63, 3.8) is 0 Å². The highest BCUT2D eigenvalue weighted by molar-refractivity contribution is 7.80. The molecule has 0 saturated carbocycles. The molecule has 1 aromatic carbocycles. The summed E-state index contributed by atoms with van der Waals surface area (Å²) >= 11 is 3.73. The number of nitro groups is 1. The lowest BCUT2D eigenvalue weighted by molar-refractivity contribution is -0.385. The Labute approximate surface area is 73.8 Å². The van der Waals surface area contributed by atoms with Crippen molar-refractivity contribution in [2.75, 3.05) is 0 Å². The van der Waals surface area contributed by atoms with Gasteiger partial charge in [-0.25, -0.2) is 4.39 Å². The Kier molecular flexibility index (Phi) is 2.32. The first-order valence-corrected chi connectivity index (χ1v) is 3.60. The lowest BCUT2D eigenvalue weighted by Gasteiger charge is -1.98. The molecule has 64 valence electrons. The van der Waals surface area contributed by atoms with Gasteiger partial charge in [-0.05, 0) is 13.0 Å². The van der Waals surface area contributed by atoms with Gasteiger partial charge >= 0.3 is 0 Å². The first-order chi connectivity index (χ1) is 5.52. The topological polar surface area (TPSA) is 43.1 Å². The molecule has 0 fully saturated rings. The molecule has 5 heteroatoms. The standard InChI is InChI=1S/C7H6FNO2S/c1-4-2-5(8)7(12)3-6(4)9(10)11/h2-3,12H,1H3. The van der Waals surface area contributed by atoms with E-state index in [0.29, 0.717) is 5.56 Å². The Bertz CT molecular complexity index is 340. The number of rotatable bonds is 1. The van der Waals surface area contributed by atoms with Gasteiger partial charge in [0.25, 0.3) is 5.69 Å². The molecule has 0 N–H and O–H groups in total. The van der Waals surface area contributed by atoms with E-state index in [0.717, 1.165) is 12.1 Å². The van der Waals surface area contributed by atoms with Crippen LogP contribution in [0.4, 0.5) is 10.1 Å². The van der Waals surface area contributed by atoms with E-state index in [2.05, 4.69) is 12.6 Å². The zero-order chi connectivity index (χ0) is 9.30. The van der Waals surface area contributed by atoms with Crippen LogP contribution in [-0.4, -0.2) is 4.92 Å². The summed E-state index contributed by atoms with van der Waals surface area (Å²) in [4.78, 5) is 9.77. The van der Waals surface area contributed by atoms with Crippen LogP contribution in [0.15, 0.2) is 17.0 Å². The molecule has 1 aromatic rings. The maximum absolute atomic E-state index is 12.7. The SMILES string of the molecule is Cc1cc(F)c(S)cc1[N+](=O)[O-]. The van der Waals surface area contributed by atoms with Crippen molar-refractivity contribution in [1.29, 1.82) is 0 Å². The fraction of sp³-hybridized carbons (Fsp3) is 0.143. The van der Waals surface area contributed by atoms with E-state index < -0.39 is 10.7 Å². The average molecular weight is 187 g/mol. The molecular formula is C7H6FNO2S. The molecule has 0 amide bonds. The Morgan fingerprint density at radius 3 is 2.67 bits per heavy atom. The zero-order valence-electron chi connectivity index (χ0n) is 6.24. The third-order valence-electron chi connectivity index (χ3n) is 1.46. The van der Waals surface area contributed by atoms with Crippen LogP contribution in [0, 0.1) is 22.9 Å². The number of benzene rings is 1. The minimum absolute atomic E-state index is 0.00713. The quantitative estimate of drug-likeness (QED) is 0.416. The molecule has 3 nitrogen and oxygen atoms in total. The monoisotopic (exact) mass is 187 g/mol. The van der Waals surface area contributed by atoms with Crippen LogP contribution < -0.4 is 0 Å². The number of nitro benzene ring substituents is 1. The first kappa shape index (κ1) is 8.99. The van der Waals surface area contributed by atoms with Gasteiger partial charge in [-0.2, -0.15) is 0 Å². The Morgan fingerprint density at radius 2 is 2.17 bits per heavy atom. The van der Waals surface area contributed by atoms with Crippen LogP contribution in [0.1, 0.15) is 5.56 Å². The van der Waals surface area contributed by atoms with Gasteiger partial charge in [0.2, 0.25) is 0 Å². The Morgan fingerprint density at radius 1 is 1.58 bits per heavy atom. The van der Waals surface area contributed by atoms with Gasteiger partial charge in [-0.3, -0.25) is 10.1 Å².